The van der Waals surface area contributed by atoms with Crippen molar-refractivity contribution in [2.75, 3.05) is 18.4 Å². The molecule has 6 heteroatoms. The molecule has 0 aliphatic carbocycles. The van der Waals surface area contributed by atoms with E-state index in [2.05, 4.69) is 15.3 Å². The molecule has 0 bridgehead atoms. The maximum atomic E-state index is 12.6. The van der Waals surface area contributed by atoms with Crippen LogP contribution in [0.15, 0.2) is 36.8 Å². The van der Waals surface area contributed by atoms with Crippen LogP contribution in [0.4, 0.5) is 10.5 Å². The highest BCUT2D eigenvalue weighted by Gasteiger charge is 2.25. The number of nitrogens with one attached hydrogen (secondary N) is 1. The molecular weight excluding hydrogens is 304 g/mol. The number of likely N-dealkylation sites (tertiary alicyclic amines) is 1. The van der Waals surface area contributed by atoms with E-state index in [-0.39, 0.29) is 11.9 Å². The van der Waals surface area contributed by atoms with Crippen LogP contribution in [0, 0.1) is 0 Å². The number of hydrogen-bond acceptors (Lipinski definition) is 4. The van der Waals surface area contributed by atoms with Crippen molar-refractivity contribution < 1.29 is 9.53 Å². The molecule has 1 aromatic heterocycles. The lowest BCUT2D eigenvalue weighted by atomic mass is 9.95. The number of amides is 2. The van der Waals surface area contributed by atoms with Gasteiger partial charge in [-0.2, -0.15) is 0 Å². The fraction of sp³-hybridized carbons (Fsp3) is 0.389. The van der Waals surface area contributed by atoms with Gasteiger partial charge in [0.2, 0.25) is 0 Å². The molecule has 0 radical (unpaired) electrons. The van der Waals surface area contributed by atoms with E-state index in [9.17, 15) is 4.79 Å². The molecule has 3 heterocycles. The minimum Gasteiger partial charge on any atom is -0.372 e. The first-order valence-electron chi connectivity index (χ1n) is 8.31. The second kappa shape index (κ2) is 6.57. The Morgan fingerprint density at radius 2 is 2.17 bits per heavy atom. The van der Waals surface area contributed by atoms with Gasteiger partial charge in [-0.25, -0.2) is 14.8 Å². The number of aromatic nitrogens is 2. The Balaban J connectivity index is 1.42. The van der Waals surface area contributed by atoms with E-state index >= 15 is 0 Å². The molecule has 0 spiro atoms. The summed E-state index contributed by atoms with van der Waals surface area (Å²) in [5.41, 5.74) is 4.20. The normalized spacial score (nSPS) is 19.8. The summed E-state index contributed by atoms with van der Waals surface area (Å²) in [5.74, 6) is 0.279. The van der Waals surface area contributed by atoms with Crippen LogP contribution in [-0.2, 0) is 18.0 Å². The van der Waals surface area contributed by atoms with Crippen LogP contribution < -0.4 is 5.32 Å². The fourth-order valence-corrected chi connectivity index (χ4v) is 3.40. The number of ether oxygens (including phenoxy) is 1. The van der Waals surface area contributed by atoms with Gasteiger partial charge >= 0.3 is 6.03 Å². The van der Waals surface area contributed by atoms with E-state index in [0.717, 1.165) is 36.3 Å². The third-order valence-electron chi connectivity index (χ3n) is 4.70. The summed E-state index contributed by atoms with van der Waals surface area (Å²) in [6.45, 7) is 2.76. The number of fused-ring (bicyclic) bond motifs is 1. The van der Waals surface area contributed by atoms with Crippen LogP contribution in [0.3, 0.4) is 0 Å². The predicted octanol–water partition coefficient (Wildman–Crippen LogP) is 2.92. The van der Waals surface area contributed by atoms with Gasteiger partial charge in [0.15, 0.2) is 0 Å². The van der Waals surface area contributed by atoms with E-state index in [1.165, 1.54) is 5.56 Å². The molecule has 2 amide bonds. The second-order valence-electron chi connectivity index (χ2n) is 6.33. The molecule has 6 nitrogen and oxygen atoms in total. The number of urea groups is 1. The first kappa shape index (κ1) is 15.1. The first-order valence-corrected chi connectivity index (χ1v) is 8.31. The average molecular weight is 324 g/mol. The van der Waals surface area contributed by atoms with Crippen LogP contribution in [0.2, 0.25) is 0 Å². The largest absolute Gasteiger partial charge is 0.372 e. The minimum atomic E-state index is -0.0485. The third-order valence-corrected chi connectivity index (χ3v) is 4.70. The van der Waals surface area contributed by atoms with Crippen molar-refractivity contribution in [2.24, 2.45) is 0 Å². The summed E-state index contributed by atoms with van der Waals surface area (Å²) in [6, 6.07) is 7.86. The number of carbonyl (C=O) groups excluding carboxylic acids is 1. The molecule has 1 fully saturated rings. The molecule has 4 rings (SSSR count). The maximum Gasteiger partial charge on any atom is 0.321 e. The number of carbonyl (C=O) groups is 1. The summed E-state index contributed by atoms with van der Waals surface area (Å²) < 4.78 is 5.42. The zero-order valence-corrected chi connectivity index (χ0v) is 13.4. The molecule has 1 aromatic carbocycles. The molecule has 1 saturated heterocycles. The Labute approximate surface area is 140 Å². The van der Waals surface area contributed by atoms with Crippen molar-refractivity contribution in [3.8, 4) is 0 Å². The summed E-state index contributed by atoms with van der Waals surface area (Å²) in [6.07, 6.45) is 5.37. The lowest BCUT2D eigenvalue weighted by Gasteiger charge is -2.32. The number of anilines is 1. The van der Waals surface area contributed by atoms with Crippen molar-refractivity contribution in [2.45, 2.75) is 32.0 Å². The van der Waals surface area contributed by atoms with Gasteiger partial charge in [0.25, 0.3) is 0 Å². The standard InChI is InChI=1S/C18H20N4O2/c23-18(21-16-4-3-14-10-24-11-15(14)8-16)22-7-1-2-13(9-22)17-5-6-19-12-20-17/h3-6,8,12-13H,1-2,7,9-11H2,(H,21,23)/t13-/m0/s1. The Hall–Kier alpha value is -2.47. The molecule has 2 aliphatic rings. The number of piperidine rings is 1. The van der Waals surface area contributed by atoms with Crippen molar-refractivity contribution >= 4 is 11.7 Å². The van der Waals surface area contributed by atoms with Crippen molar-refractivity contribution in [1.82, 2.24) is 14.9 Å². The van der Waals surface area contributed by atoms with E-state index in [4.69, 9.17) is 4.74 Å². The number of hydrogen-bond donors (Lipinski definition) is 1. The minimum absolute atomic E-state index is 0.0485. The fourth-order valence-electron chi connectivity index (χ4n) is 3.40. The molecule has 124 valence electrons. The van der Waals surface area contributed by atoms with Gasteiger partial charge in [-0.05, 0) is 42.2 Å². The SMILES string of the molecule is O=C(Nc1ccc2c(c1)COC2)N1CCC[C@H](c2ccncn2)C1. The van der Waals surface area contributed by atoms with E-state index in [0.29, 0.717) is 19.8 Å². The van der Waals surface area contributed by atoms with Crippen LogP contribution >= 0.6 is 0 Å². The lowest BCUT2D eigenvalue weighted by Crippen LogP contribution is -2.41. The second-order valence-corrected chi connectivity index (χ2v) is 6.33. The zero-order valence-electron chi connectivity index (χ0n) is 13.4. The van der Waals surface area contributed by atoms with Crippen LogP contribution in [0.5, 0.6) is 0 Å². The zero-order chi connectivity index (χ0) is 16.4. The molecule has 1 atom stereocenters. The Kier molecular flexibility index (Phi) is 4.13. The summed E-state index contributed by atoms with van der Waals surface area (Å²) in [7, 11) is 0. The lowest BCUT2D eigenvalue weighted by molar-refractivity contribution is 0.134. The van der Waals surface area contributed by atoms with Gasteiger partial charge < -0.3 is 15.0 Å². The molecule has 0 saturated carbocycles. The summed E-state index contributed by atoms with van der Waals surface area (Å²) in [4.78, 5) is 22.8. The Morgan fingerprint density at radius 1 is 1.25 bits per heavy atom. The highest BCUT2D eigenvalue weighted by molar-refractivity contribution is 5.89. The Morgan fingerprint density at radius 3 is 3.04 bits per heavy atom. The molecule has 0 unspecified atom stereocenters. The van der Waals surface area contributed by atoms with Gasteiger partial charge in [0, 0.05) is 36.6 Å². The Bertz CT molecular complexity index is 735. The van der Waals surface area contributed by atoms with Crippen molar-refractivity contribution in [1.29, 1.82) is 0 Å². The molecule has 24 heavy (non-hydrogen) atoms. The monoisotopic (exact) mass is 324 g/mol. The topological polar surface area (TPSA) is 67.3 Å². The predicted molar refractivity (Wildman–Crippen MR) is 89.5 cm³/mol. The highest BCUT2D eigenvalue weighted by Crippen LogP contribution is 2.26. The third kappa shape index (κ3) is 3.10. The molecule has 2 aliphatic heterocycles. The van der Waals surface area contributed by atoms with Gasteiger partial charge in [-0.3, -0.25) is 0 Å². The van der Waals surface area contributed by atoms with E-state index in [1.54, 1.807) is 12.5 Å². The summed E-state index contributed by atoms with van der Waals surface area (Å²) >= 11 is 0. The molecule has 1 N–H and O–H groups in total. The van der Waals surface area contributed by atoms with Gasteiger partial charge in [-0.15, -0.1) is 0 Å². The maximum absolute atomic E-state index is 12.6. The quantitative estimate of drug-likeness (QED) is 0.922. The van der Waals surface area contributed by atoms with Gasteiger partial charge in [0.05, 0.1) is 13.2 Å². The number of benzene rings is 1. The molecular formula is C18H20N4O2. The van der Waals surface area contributed by atoms with Crippen LogP contribution in [-0.4, -0.2) is 34.0 Å². The van der Waals surface area contributed by atoms with Gasteiger partial charge in [0.1, 0.15) is 6.33 Å². The highest BCUT2D eigenvalue weighted by atomic mass is 16.5. The van der Waals surface area contributed by atoms with Crippen LogP contribution in [0.25, 0.3) is 0 Å². The van der Waals surface area contributed by atoms with Crippen LogP contribution in [0.1, 0.15) is 35.6 Å². The van der Waals surface area contributed by atoms with Gasteiger partial charge in [-0.1, -0.05) is 6.07 Å². The smallest absolute Gasteiger partial charge is 0.321 e. The first-order chi connectivity index (χ1) is 11.8. The van der Waals surface area contributed by atoms with E-state index in [1.807, 2.05) is 29.2 Å². The summed E-state index contributed by atoms with van der Waals surface area (Å²) in [5, 5.41) is 3.01. The average Bonchev–Trinajstić information content (AvgIpc) is 3.10. The molecule has 2 aromatic rings. The number of rotatable bonds is 2. The number of nitrogens with zero attached hydrogens (tertiary/aromatic N) is 3. The van der Waals surface area contributed by atoms with E-state index < -0.39 is 0 Å². The van der Waals surface area contributed by atoms with Crippen molar-refractivity contribution in [3.63, 3.8) is 0 Å². The van der Waals surface area contributed by atoms with Crippen molar-refractivity contribution in [3.05, 3.63) is 53.6 Å².